The van der Waals surface area contributed by atoms with Crippen molar-refractivity contribution < 1.29 is 9.53 Å². The topological polar surface area (TPSA) is 41.6 Å². The number of amides is 1. The van der Waals surface area contributed by atoms with Crippen LogP contribution in [0.2, 0.25) is 0 Å². The number of rotatable bonds is 1. The van der Waals surface area contributed by atoms with Gasteiger partial charge in [0.05, 0.1) is 6.61 Å². The molecule has 1 amide bonds. The highest BCUT2D eigenvalue weighted by Crippen LogP contribution is 2.34. The molecule has 2 heterocycles. The zero-order valence-corrected chi connectivity index (χ0v) is 10.8. The predicted octanol–water partition coefficient (Wildman–Crippen LogP) is 0.918. The maximum Gasteiger partial charge on any atom is 0.250 e. The molecule has 1 aromatic rings. The van der Waals surface area contributed by atoms with Crippen molar-refractivity contribution in [2.24, 2.45) is 0 Å². The van der Waals surface area contributed by atoms with Crippen molar-refractivity contribution in [3.8, 4) is 0 Å². The van der Waals surface area contributed by atoms with E-state index in [4.69, 9.17) is 4.74 Å². The van der Waals surface area contributed by atoms with Crippen LogP contribution in [0.5, 0.6) is 0 Å². The van der Waals surface area contributed by atoms with Crippen molar-refractivity contribution >= 4 is 5.91 Å². The van der Waals surface area contributed by atoms with Crippen LogP contribution in [0, 0.1) is 13.8 Å². The monoisotopic (exact) mass is 246 g/mol. The summed E-state index contributed by atoms with van der Waals surface area (Å²) >= 11 is 0. The number of hydrogen-bond donors (Lipinski definition) is 1. The summed E-state index contributed by atoms with van der Waals surface area (Å²) in [4.78, 5) is 13.9. The average Bonchev–Trinajstić information content (AvgIpc) is 2.75. The molecule has 1 N–H and O–H groups in total. The van der Waals surface area contributed by atoms with E-state index in [-0.39, 0.29) is 12.5 Å². The molecule has 18 heavy (non-hydrogen) atoms. The second-order valence-corrected chi connectivity index (χ2v) is 5.14. The van der Waals surface area contributed by atoms with Crippen LogP contribution in [-0.4, -0.2) is 37.1 Å². The summed E-state index contributed by atoms with van der Waals surface area (Å²) in [7, 11) is 0. The third-order valence-electron chi connectivity index (χ3n) is 3.88. The second-order valence-electron chi connectivity index (χ2n) is 5.14. The Morgan fingerprint density at radius 3 is 3.00 bits per heavy atom. The van der Waals surface area contributed by atoms with E-state index in [9.17, 15) is 4.79 Å². The maximum absolute atomic E-state index is 12.0. The molecular formula is C14H18N2O2. The normalized spacial score (nSPS) is 27.4. The molecule has 0 spiro atoms. The van der Waals surface area contributed by atoms with Gasteiger partial charge in [-0.1, -0.05) is 23.8 Å². The molecule has 96 valence electrons. The first-order chi connectivity index (χ1) is 8.63. The van der Waals surface area contributed by atoms with Crippen molar-refractivity contribution in [1.82, 2.24) is 10.2 Å². The first-order valence-electron chi connectivity index (χ1n) is 6.34. The van der Waals surface area contributed by atoms with Crippen LogP contribution >= 0.6 is 0 Å². The molecule has 4 nitrogen and oxygen atoms in total. The first-order valence-corrected chi connectivity index (χ1v) is 6.34. The summed E-state index contributed by atoms with van der Waals surface area (Å²) in [5.41, 5.74) is 3.14. The van der Waals surface area contributed by atoms with Gasteiger partial charge in [-0.15, -0.1) is 0 Å². The van der Waals surface area contributed by atoms with Crippen LogP contribution in [0.25, 0.3) is 0 Å². The van der Waals surface area contributed by atoms with E-state index in [2.05, 4.69) is 37.4 Å². The van der Waals surface area contributed by atoms with E-state index in [1.807, 2.05) is 4.90 Å². The highest BCUT2D eigenvalue weighted by atomic mass is 16.5. The van der Waals surface area contributed by atoms with Crippen molar-refractivity contribution in [3.05, 3.63) is 34.9 Å². The van der Waals surface area contributed by atoms with Crippen molar-refractivity contribution in [2.45, 2.75) is 19.5 Å². The molecule has 2 saturated heterocycles. The van der Waals surface area contributed by atoms with Gasteiger partial charge >= 0.3 is 0 Å². The van der Waals surface area contributed by atoms with Crippen molar-refractivity contribution in [1.29, 1.82) is 0 Å². The van der Waals surface area contributed by atoms with Gasteiger partial charge in [0.15, 0.2) is 0 Å². The Morgan fingerprint density at radius 1 is 1.39 bits per heavy atom. The van der Waals surface area contributed by atoms with Gasteiger partial charge in [-0.3, -0.25) is 10.1 Å². The van der Waals surface area contributed by atoms with Gasteiger partial charge in [0.1, 0.15) is 12.3 Å². The third-order valence-corrected chi connectivity index (χ3v) is 3.88. The molecule has 1 atom stereocenters. The van der Waals surface area contributed by atoms with Crippen LogP contribution < -0.4 is 5.32 Å². The number of ether oxygens (including phenoxy) is 1. The van der Waals surface area contributed by atoms with Crippen molar-refractivity contribution in [3.63, 3.8) is 0 Å². The van der Waals surface area contributed by atoms with Gasteiger partial charge in [0, 0.05) is 13.1 Å². The number of aryl methyl sites for hydroxylation is 2. The number of fused-ring (bicyclic) bond motifs is 1. The standard InChI is InChI=1S/C14H18N2O2/c1-10-3-4-12(11(2)7-10)14-9-18-8-13(17)16(14)6-5-15-14/h3-4,7,15H,5-6,8-9H2,1-2H3. The fraction of sp³-hybridized carbons (Fsp3) is 0.500. The number of nitrogens with one attached hydrogen (secondary N) is 1. The van der Waals surface area contributed by atoms with Gasteiger partial charge in [0.2, 0.25) is 5.91 Å². The highest BCUT2D eigenvalue weighted by Gasteiger charge is 2.48. The molecule has 0 aliphatic carbocycles. The fourth-order valence-corrected chi connectivity index (χ4v) is 3.09. The minimum absolute atomic E-state index is 0.0752. The Morgan fingerprint density at radius 2 is 2.22 bits per heavy atom. The molecule has 0 radical (unpaired) electrons. The van der Waals surface area contributed by atoms with E-state index in [0.717, 1.165) is 18.7 Å². The van der Waals surface area contributed by atoms with Crippen molar-refractivity contribution in [2.75, 3.05) is 26.3 Å². The van der Waals surface area contributed by atoms with Gasteiger partial charge in [-0.2, -0.15) is 0 Å². The lowest BCUT2D eigenvalue weighted by Gasteiger charge is -2.42. The van der Waals surface area contributed by atoms with Crippen LogP contribution in [0.1, 0.15) is 16.7 Å². The molecule has 1 aromatic carbocycles. The summed E-state index contributed by atoms with van der Waals surface area (Å²) in [6.45, 7) is 6.49. The van der Waals surface area contributed by atoms with Gasteiger partial charge in [0.25, 0.3) is 0 Å². The number of benzene rings is 1. The summed E-state index contributed by atoms with van der Waals surface area (Å²) in [5, 5.41) is 3.46. The molecule has 2 aliphatic rings. The molecule has 4 heteroatoms. The number of carbonyl (C=O) groups excluding carboxylic acids is 1. The molecule has 1 unspecified atom stereocenters. The van der Waals surface area contributed by atoms with Crippen LogP contribution in [0.4, 0.5) is 0 Å². The lowest BCUT2D eigenvalue weighted by atomic mass is 9.92. The minimum atomic E-state index is -0.451. The van der Waals surface area contributed by atoms with E-state index in [1.165, 1.54) is 11.1 Å². The first kappa shape index (κ1) is 11.7. The average molecular weight is 246 g/mol. The van der Waals surface area contributed by atoms with Gasteiger partial charge in [-0.25, -0.2) is 0 Å². The number of carbonyl (C=O) groups is 1. The Bertz CT molecular complexity index is 501. The van der Waals surface area contributed by atoms with E-state index >= 15 is 0 Å². The summed E-state index contributed by atoms with van der Waals surface area (Å²) in [6.07, 6.45) is 0. The second kappa shape index (κ2) is 4.07. The molecule has 3 rings (SSSR count). The number of nitrogens with zero attached hydrogens (tertiary/aromatic N) is 1. The molecule has 2 fully saturated rings. The Balaban J connectivity index is 2.09. The SMILES string of the molecule is Cc1ccc(C23COCC(=O)N2CCN3)c(C)c1. The summed E-state index contributed by atoms with van der Waals surface area (Å²) in [6, 6.07) is 6.35. The highest BCUT2D eigenvalue weighted by molar-refractivity contribution is 5.79. The van der Waals surface area contributed by atoms with Crippen LogP contribution in [0.15, 0.2) is 18.2 Å². The minimum Gasteiger partial charge on any atom is -0.367 e. The van der Waals surface area contributed by atoms with Gasteiger partial charge < -0.3 is 9.64 Å². The lowest BCUT2D eigenvalue weighted by Crippen LogP contribution is -2.59. The number of hydrogen-bond acceptors (Lipinski definition) is 3. The van der Waals surface area contributed by atoms with E-state index < -0.39 is 5.66 Å². The fourth-order valence-electron chi connectivity index (χ4n) is 3.09. The predicted molar refractivity (Wildman–Crippen MR) is 68.1 cm³/mol. The molecule has 0 saturated carbocycles. The lowest BCUT2D eigenvalue weighted by molar-refractivity contribution is -0.156. The molecule has 0 aromatic heterocycles. The van der Waals surface area contributed by atoms with E-state index in [0.29, 0.717) is 6.61 Å². The quantitative estimate of drug-likeness (QED) is 0.801. The summed E-state index contributed by atoms with van der Waals surface area (Å²) in [5.74, 6) is 0.0752. The smallest absolute Gasteiger partial charge is 0.250 e. The largest absolute Gasteiger partial charge is 0.367 e. The van der Waals surface area contributed by atoms with Gasteiger partial charge in [-0.05, 0) is 25.0 Å². The molecular weight excluding hydrogens is 228 g/mol. The van der Waals surface area contributed by atoms with E-state index in [1.54, 1.807) is 0 Å². The maximum atomic E-state index is 12.0. The Hall–Kier alpha value is -1.39. The Labute approximate surface area is 107 Å². The summed E-state index contributed by atoms with van der Waals surface area (Å²) < 4.78 is 5.48. The Kier molecular flexibility index (Phi) is 2.64. The third kappa shape index (κ3) is 1.56. The van der Waals surface area contributed by atoms with Crippen LogP contribution in [-0.2, 0) is 15.2 Å². The molecule has 0 bridgehead atoms. The zero-order chi connectivity index (χ0) is 12.8. The molecule has 2 aliphatic heterocycles. The number of morpholine rings is 1. The zero-order valence-electron chi connectivity index (χ0n) is 10.8. The van der Waals surface area contributed by atoms with Crippen LogP contribution in [0.3, 0.4) is 0 Å².